The maximum Gasteiger partial charge on any atom is 0.433 e. The Bertz CT molecular complexity index is 1330. The SMILES string of the molecule is Cc1oc(-c2cccc3nc(C(F)(F)F)ccc23)nc1C(=O)NCc1ccc(F)cc1F. The Kier molecular flexibility index (Phi) is 5.37. The molecule has 2 heterocycles. The van der Waals surface area contributed by atoms with Crippen LogP contribution in [0.4, 0.5) is 22.0 Å². The number of aromatic nitrogens is 2. The number of oxazole rings is 1. The second kappa shape index (κ2) is 8.03. The summed E-state index contributed by atoms with van der Waals surface area (Å²) >= 11 is 0. The van der Waals surface area contributed by atoms with Crippen molar-refractivity contribution in [3.05, 3.63) is 82.9 Å². The highest BCUT2D eigenvalue weighted by Crippen LogP contribution is 2.33. The lowest BCUT2D eigenvalue weighted by Gasteiger charge is -2.08. The van der Waals surface area contributed by atoms with Gasteiger partial charge in [-0.25, -0.2) is 18.7 Å². The van der Waals surface area contributed by atoms with E-state index in [2.05, 4.69) is 15.3 Å². The van der Waals surface area contributed by atoms with Crippen molar-refractivity contribution in [3.63, 3.8) is 0 Å². The van der Waals surface area contributed by atoms with Crippen molar-refractivity contribution in [2.24, 2.45) is 0 Å². The number of benzene rings is 2. The third-order valence-electron chi connectivity index (χ3n) is 4.72. The van der Waals surface area contributed by atoms with Gasteiger partial charge >= 0.3 is 6.18 Å². The standard InChI is InChI=1S/C22H14F5N3O2/c1-11-19(20(31)28-10-12-5-6-13(23)9-16(12)24)30-21(32-11)15-3-2-4-17-14(15)7-8-18(29-17)22(25,26)27/h2-9H,10H2,1H3,(H,28,31). The van der Waals surface area contributed by atoms with Crippen molar-refractivity contribution in [2.45, 2.75) is 19.6 Å². The molecule has 0 bridgehead atoms. The number of pyridine rings is 1. The van der Waals surface area contributed by atoms with Crippen LogP contribution >= 0.6 is 0 Å². The zero-order valence-corrected chi connectivity index (χ0v) is 16.4. The lowest BCUT2D eigenvalue weighted by Crippen LogP contribution is -2.24. The van der Waals surface area contributed by atoms with Crippen LogP contribution in [-0.4, -0.2) is 15.9 Å². The molecule has 0 saturated carbocycles. The van der Waals surface area contributed by atoms with Crippen LogP contribution in [0.1, 0.15) is 27.5 Å². The molecule has 1 amide bonds. The summed E-state index contributed by atoms with van der Waals surface area (Å²) in [5.74, 6) is -2.01. The predicted molar refractivity (Wildman–Crippen MR) is 105 cm³/mol. The molecule has 4 aromatic rings. The summed E-state index contributed by atoms with van der Waals surface area (Å²) < 4.78 is 71.2. The van der Waals surface area contributed by atoms with Crippen molar-refractivity contribution in [1.29, 1.82) is 0 Å². The fraction of sp³-hybridized carbons (Fsp3) is 0.136. The van der Waals surface area contributed by atoms with Crippen LogP contribution in [0.15, 0.2) is 52.9 Å². The molecule has 0 aliphatic carbocycles. The Balaban J connectivity index is 1.62. The second-order valence-electron chi connectivity index (χ2n) is 6.91. The molecule has 0 spiro atoms. The van der Waals surface area contributed by atoms with Crippen LogP contribution in [0.3, 0.4) is 0 Å². The summed E-state index contributed by atoms with van der Waals surface area (Å²) in [6.07, 6.45) is -4.58. The maximum atomic E-state index is 13.8. The smallest absolute Gasteiger partial charge is 0.433 e. The van der Waals surface area contributed by atoms with Gasteiger partial charge in [-0.1, -0.05) is 12.1 Å². The summed E-state index contributed by atoms with van der Waals surface area (Å²) in [4.78, 5) is 20.3. The molecule has 0 unspecified atom stereocenters. The number of aryl methyl sites for hydroxylation is 1. The monoisotopic (exact) mass is 447 g/mol. The van der Waals surface area contributed by atoms with E-state index in [0.717, 1.165) is 12.1 Å². The van der Waals surface area contributed by atoms with E-state index in [9.17, 15) is 26.7 Å². The topological polar surface area (TPSA) is 68.0 Å². The normalized spacial score (nSPS) is 11.7. The molecule has 32 heavy (non-hydrogen) atoms. The highest BCUT2D eigenvalue weighted by atomic mass is 19.4. The average molecular weight is 447 g/mol. The number of carbonyl (C=O) groups is 1. The Morgan fingerprint density at radius 3 is 2.56 bits per heavy atom. The average Bonchev–Trinajstić information content (AvgIpc) is 3.13. The summed E-state index contributed by atoms with van der Waals surface area (Å²) in [5.41, 5.74) is -0.568. The van der Waals surface area contributed by atoms with Gasteiger partial charge in [0.2, 0.25) is 5.89 Å². The number of fused-ring (bicyclic) bond motifs is 1. The zero-order valence-electron chi connectivity index (χ0n) is 16.4. The zero-order chi connectivity index (χ0) is 23.0. The number of nitrogens with zero attached hydrogens (tertiary/aromatic N) is 2. The van der Waals surface area contributed by atoms with Crippen LogP contribution in [-0.2, 0) is 12.7 Å². The van der Waals surface area contributed by atoms with Gasteiger partial charge in [0.15, 0.2) is 5.69 Å². The van der Waals surface area contributed by atoms with Crippen molar-refractivity contribution < 1.29 is 31.2 Å². The van der Waals surface area contributed by atoms with Gasteiger partial charge in [-0.3, -0.25) is 4.79 Å². The fourth-order valence-corrected chi connectivity index (χ4v) is 3.15. The summed E-state index contributed by atoms with van der Waals surface area (Å²) in [7, 11) is 0. The highest BCUT2D eigenvalue weighted by Gasteiger charge is 2.32. The van der Waals surface area contributed by atoms with Crippen LogP contribution < -0.4 is 5.32 Å². The molecule has 0 aliphatic rings. The molecule has 0 saturated heterocycles. The first kappa shape index (κ1) is 21.4. The lowest BCUT2D eigenvalue weighted by molar-refractivity contribution is -0.140. The van der Waals surface area contributed by atoms with Gasteiger partial charge in [0.1, 0.15) is 23.1 Å². The lowest BCUT2D eigenvalue weighted by atomic mass is 10.1. The second-order valence-corrected chi connectivity index (χ2v) is 6.91. The summed E-state index contributed by atoms with van der Waals surface area (Å²) in [6, 6.07) is 9.62. The molecule has 0 aliphatic heterocycles. The van der Waals surface area contributed by atoms with Gasteiger partial charge in [0.25, 0.3) is 5.91 Å². The first-order valence-electron chi connectivity index (χ1n) is 9.30. The van der Waals surface area contributed by atoms with Crippen LogP contribution in [0, 0.1) is 18.6 Å². The summed E-state index contributed by atoms with van der Waals surface area (Å²) in [6.45, 7) is 1.29. The first-order valence-corrected chi connectivity index (χ1v) is 9.30. The molecule has 1 N–H and O–H groups in total. The molecule has 0 radical (unpaired) electrons. The molecule has 10 heteroatoms. The van der Waals surface area contributed by atoms with Crippen LogP contribution in [0.5, 0.6) is 0 Å². The number of amides is 1. The van der Waals surface area contributed by atoms with Crippen molar-refractivity contribution in [1.82, 2.24) is 15.3 Å². The Morgan fingerprint density at radius 2 is 1.84 bits per heavy atom. The Labute approximate surface area is 177 Å². The van der Waals surface area contributed by atoms with E-state index in [1.165, 1.54) is 31.2 Å². The van der Waals surface area contributed by atoms with E-state index in [1.54, 1.807) is 6.07 Å². The highest BCUT2D eigenvalue weighted by molar-refractivity contribution is 5.96. The number of rotatable bonds is 4. The van der Waals surface area contributed by atoms with E-state index in [-0.39, 0.29) is 35.0 Å². The van der Waals surface area contributed by atoms with E-state index in [1.807, 2.05) is 0 Å². The molecule has 0 atom stereocenters. The minimum Gasteiger partial charge on any atom is -0.441 e. The molecular weight excluding hydrogens is 433 g/mol. The van der Waals surface area contributed by atoms with Crippen LogP contribution in [0.25, 0.3) is 22.4 Å². The number of nitrogens with one attached hydrogen (secondary N) is 1. The predicted octanol–water partition coefficient (Wildman–Crippen LogP) is 5.43. The molecule has 2 aromatic heterocycles. The molecule has 2 aromatic carbocycles. The number of carbonyl (C=O) groups excluding carboxylic acids is 1. The van der Waals surface area contributed by atoms with Crippen molar-refractivity contribution in [2.75, 3.05) is 0 Å². The van der Waals surface area contributed by atoms with E-state index in [0.29, 0.717) is 17.0 Å². The van der Waals surface area contributed by atoms with Crippen LogP contribution in [0.2, 0.25) is 0 Å². The maximum absolute atomic E-state index is 13.8. The summed E-state index contributed by atoms with van der Waals surface area (Å²) in [5, 5.41) is 2.84. The van der Waals surface area contributed by atoms with Gasteiger partial charge in [-0.15, -0.1) is 0 Å². The van der Waals surface area contributed by atoms with E-state index in [4.69, 9.17) is 4.42 Å². The van der Waals surface area contributed by atoms with Gasteiger partial charge < -0.3 is 9.73 Å². The quantitative estimate of drug-likeness (QED) is 0.424. The van der Waals surface area contributed by atoms with Gasteiger partial charge in [-0.2, -0.15) is 13.2 Å². The molecule has 5 nitrogen and oxygen atoms in total. The minimum absolute atomic E-state index is 0.0211. The van der Waals surface area contributed by atoms with Gasteiger partial charge in [0, 0.05) is 29.1 Å². The first-order chi connectivity index (χ1) is 15.1. The third kappa shape index (κ3) is 4.16. The number of hydrogen-bond acceptors (Lipinski definition) is 4. The van der Waals surface area contributed by atoms with E-state index >= 15 is 0 Å². The number of halogens is 5. The van der Waals surface area contributed by atoms with Gasteiger partial charge in [-0.05, 0) is 37.3 Å². The minimum atomic E-state index is -4.58. The molecule has 0 fully saturated rings. The molecule has 164 valence electrons. The fourth-order valence-electron chi connectivity index (χ4n) is 3.15. The largest absolute Gasteiger partial charge is 0.441 e. The Hall–Kier alpha value is -3.82. The Morgan fingerprint density at radius 1 is 1.06 bits per heavy atom. The van der Waals surface area contributed by atoms with E-state index < -0.39 is 29.4 Å². The molecular formula is C22H14F5N3O2. The molecule has 4 rings (SSSR count). The third-order valence-corrected chi connectivity index (χ3v) is 4.72. The van der Waals surface area contributed by atoms with Crippen molar-refractivity contribution in [3.8, 4) is 11.5 Å². The van der Waals surface area contributed by atoms with Crippen molar-refractivity contribution >= 4 is 16.8 Å². The van der Waals surface area contributed by atoms with Gasteiger partial charge in [0.05, 0.1) is 5.52 Å². The number of alkyl halides is 3. The number of hydrogen-bond donors (Lipinski definition) is 1.